The van der Waals surface area contributed by atoms with Gasteiger partial charge in [0.1, 0.15) is 12.1 Å². The molecular weight excluding hydrogens is 556 g/mol. The van der Waals surface area contributed by atoms with Crippen LogP contribution in [-0.2, 0) is 19.2 Å². The Morgan fingerprint density at radius 1 is 1.14 bits per heavy atom. The van der Waals surface area contributed by atoms with Gasteiger partial charge in [-0.15, -0.1) is 11.3 Å². The number of aliphatic carboxylic acids is 1. The van der Waals surface area contributed by atoms with E-state index in [0.29, 0.717) is 19.4 Å². The van der Waals surface area contributed by atoms with Crippen LogP contribution >= 0.6 is 11.3 Å². The zero-order valence-corrected chi connectivity index (χ0v) is 26.2. The van der Waals surface area contributed by atoms with Gasteiger partial charge in [-0.2, -0.15) is 0 Å². The number of carboxylic acid groups (broad SMARTS) is 1. The van der Waals surface area contributed by atoms with Crippen molar-refractivity contribution in [3.63, 3.8) is 0 Å². The van der Waals surface area contributed by atoms with E-state index >= 15 is 0 Å². The standard InChI is InChI=1S/C31H46N4O6S/c1-19-14-21(27-20(2)33-18-42-27)12-13-22(19)16-32-29(40)24-15-23(36)17-35(24)30(41)28(31(3,4)5)34-25(37)10-8-6-7-9-11-26(38)39/h12-14,18-19,22-24,28,36H,6-11,15-17H2,1-5H3,(H,32,40)(H,34,37)(H,38,39)/t19?,22?,23-,24+,28-/m1/s1. The Morgan fingerprint density at radius 3 is 2.43 bits per heavy atom. The molecule has 232 valence electrons. The predicted octanol–water partition coefficient (Wildman–Crippen LogP) is 3.69. The van der Waals surface area contributed by atoms with Gasteiger partial charge in [0, 0.05) is 38.3 Å². The lowest BCUT2D eigenvalue weighted by Crippen LogP contribution is -2.58. The molecule has 11 heteroatoms. The first kappa shape index (κ1) is 33.5. The second-order valence-corrected chi connectivity index (χ2v) is 13.4. The highest BCUT2D eigenvalue weighted by Crippen LogP contribution is 2.32. The molecule has 1 aliphatic heterocycles. The van der Waals surface area contributed by atoms with Crippen LogP contribution in [-0.4, -0.2) is 75.1 Å². The maximum Gasteiger partial charge on any atom is 0.303 e. The minimum atomic E-state index is -0.863. The Labute approximate surface area is 252 Å². The average Bonchev–Trinajstić information content (AvgIpc) is 3.52. The van der Waals surface area contributed by atoms with Gasteiger partial charge < -0.3 is 25.7 Å². The van der Waals surface area contributed by atoms with E-state index < -0.39 is 29.6 Å². The molecule has 0 spiro atoms. The fourth-order valence-corrected chi connectivity index (χ4v) is 6.27. The molecule has 0 radical (unpaired) electrons. The van der Waals surface area contributed by atoms with Crippen molar-refractivity contribution in [1.82, 2.24) is 20.5 Å². The third-order valence-electron chi connectivity index (χ3n) is 7.99. The largest absolute Gasteiger partial charge is 0.481 e. The Morgan fingerprint density at radius 2 is 1.83 bits per heavy atom. The van der Waals surface area contributed by atoms with Crippen molar-refractivity contribution in [2.45, 2.75) is 97.8 Å². The molecule has 1 aliphatic carbocycles. The van der Waals surface area contributed by atoms with Crippen LogP contribution in [0.15, 0.2) is 23.7 Å². The number of amides is 3. The van der Waals surface area contributed by atoms with Crippen LogP contribution in [0.5, 0.6) is 0 Å². The predicted molar refractivity (Wildman–Crippen MR) is 162 cm³/mol. The Bertz CT molecular complexity index is 1190. The number of carboxylic acids is 1. The van der Waals surface area contributed by atoms with E-state index in [1.807, 2.05) is 33.2 Å². The number of allylic oxidation sites excluding steroid dienone is 3. The molecule has 1 aromatic rings. The van der Waals surface area contributed by atoms with Crippen molar-refractivity contribution in [1.29, 1.82) is 0 Å². The van der Waals surface area contributed by atoms with Crippen LogP contribution in [0.4, 0.5) is 0 Å². The van der Waals surface area contributed by atoms with Crippen molar-refractivity contribution in [3.8, 4) is 0 Å². The van der Waals surface area contributed by atoms with Gasteiger partial charge in [-0.3, -0.25) is 19.2 Å². The van der Waals surface area contributed by atoms with E-state index in [2.05, 4.69) is 40.8 Å². The van der Waals surface area contributed by atoms with Gasteiger partial charge in [0.2, 0.25) is 17.7 Å². The number of carbonyl (C=O) groups is 4. The molecule has 5 atom stereocenters. The molecule has 3 rings (SSSR count). The number of aliphatic hydroxyl groups is 1. The van der Waals surface area contributed by atoms with Gasteiger partial charge >= 0.3 is 5.97 Å². The van der Waals surface area contributed by atoms with E-state index in [-0.39, 0.29) is 55.4 Å². The van der Waals surface area contributed by atoms with Crippen LogP contribution in [0, 0.1) is 24.2 Å². The lowest BCUT2D eigenvalue weighted by atomic mass is 9.85. The van der Waals surface area contributed by atoms with Crippen molar-refractivity contribution in [2.24, 2.45) is 17.3 Å². The number of unbranched alkanes of at least 4 members (excludes halogenated alkanes) is 3. The number of aryl methyl sites for hydroxylation is 1. The zero-order chi connectivity index (χ0) is 31.0. The van der Waals surface area contributed by atoms with Crippen LogP contribution < -0.4 is 10.6 Å². The lowest BCUT2D eigenvalue weighted by molar-refractivity contribution is -0.144. The number of nitrogens with zero attached hydrogens (tertiary/aromatic N) is 2. The summed E-state index contributed by atoms with van der Waals surface area (Å²) in [6.07, 6.45) is 8.64. The summed E-state index contributed by atoms with van der Waals surface area (Å²) >= 11 is 1.61. The number of thiazole rings is 1. The molecule has 42 heavy (non-hydrogen) atoms. The molecule has 2 unspecified atom stereocenters. The van der Waals surface area contributed by atoms with E-state index in [4.69, 9.17) is 5.11 Å². The normalized spacial score (nSPS) is 22.9. The highest BCUT2D eigenvalue weighted by molar-refractivity contribution is 7.11. The molecule has 1 aromatic heterocycles. The van der Waals surface area contributed by atoms with Crippen molar-refractivity contribution >= 4 is 40.6 Å². The minimum Gasteiger partial charge on any atom is -0.481 e. The molecule has 1 saturated heterocycles. The molecule has 0 aromatic carbocycles. The lowest BCUT2D eigenvalue weighted by Gasteiger charge is -2.35. The number of aliphatic hydroxyl groups excluding tert-OH is 1. The van der Waals surface area contributed by atoms with Crippen LogP contribution in [0.1, 0.15) is 83.2 Å². The maximum absolute atomic E-state index is 13.7. The van der Waals surface area contributed by atoms with Crippen molar-refractivity contribution < 1.29 is 29.4 Å². The molecule has 2 aliphatic rings. The Kier molecular flexibility index (Phi) is 11.9. The van der Waals surface area contributed by atoms with Gasteiger partial charge in [-0.1, -0.05) is 58.8 Å². The molecular formula is C31H46N4O6S. The first-order valence-electron chi connectivity index (χ1n) is 14.9. The minimum absolute atomic E-state index is 0.0307. The van der Waals surface area contributed by atoms with Gasteiger partial charge in [-0.05, 0) is 36.7 Å². The summed E-state index contributed by atoms with van der Waals surface area (Å²) in [5.41, 5.74) is 3.35. The quantitative estimate of drug-likeness (QED) is 0.252. The fourth-order valence-electron chi connectivity index (χ4n) is 5.45. The SMILES string of the molecule is Cc1ncsc1C1=CC(C)C(CNC(=O)[C@@H]2C[C@@H](O)CN2C(=O)[C@@H](NC(=O)CCCCCCC(=O)O)C(C)(C)C)C=C1. The number of nitrogens with one attached hydrogen (secondary N) is 2. The van der Waals surface area contributed by atoms with E-state index in [9.17, 15) is 24.3 Å². The Hall–Kier alpha value is -3.05. The molecule has 4 N–H and O–H groups in total. The van der Waals surface area contributed by atoms with Crippen LogP contribution in [0.25, 0.3) is 5.57 Å². The summed E-state index contributed by atoms with van der Waals surface area (Å²) in [5, 5.41) is 25.1. The molecule has 1 fully saturated rings. The third-order valence-corrected chi connectivity index (χ3v) is 8.97. The van der Waals surface area contributed by atoms with Crippen molar-refractivity contribution in [2.75, 3.05) is 13.1 Å². The summed E-state index contributed by atoms with van der Waals surface area (Å²) in [7, 11) is 0. The monoisotopic (exact) mass is 602 g/mol. The summed E-state index contributed by atoms with van der Waals surface area (Å²) in [4.78, 5) is 57.4. The summed E-state index contributed by atoms with van der Waals surface area (Å²) in [6, 6.07) is -1.69. The first-order chi connectivity index (χ1) is 19.8. The topological polar surface area (TPSA) is 149 Å². The highest BCUT2D eigenvalue weighted by Gasteiger charge is 2.44. The smallest absolute Gasteiger partial charge is 0.303 e. The van der Waals surface area contributed by atoms with Gasteiger partial charge in [0.25, 0.3) is 0 Å². The highest BCUT2D eigenvalue weighted by atomic mass is 32.1. The number of hydrogen-bond acceptors (Lipinski definition) is 7. The summed E-state index contributed by atoms with van der Waals surface area (Å²) in [5.74, 6) is -1.50. The molecule has 2 heterocycles. The second kappa shape index (κ2) is 14.9. The fraction of sp³-hybridized carbons (Fsp3) is 0.645. The van der Waals surface area contributed by atoms with Crippen molar-refractivity contribution in [3.05, 3.63) is 34.3 Å². The van der Waals surface area contributed by atoms with E-state index in [1.165, 1.54) is 4.90 Å². The van der Waals surface area contributed by atoms with Gasteiger partial charge in [0.05, 0.1) is 22.2 Å². The Balaban J connectivity index is 1.57. The zero-order valence-electron chi connectivity index (χ0n) is 25.4. The molecule has 0 bridgehead atoms. The average molecular weight is 603 g/mol. The summed E-state index contributed by atoms with van der Waals surface area (Å²) < 4.78 is 0. The number of aromatic nitrogens is 1. The van der Waals surface area contributed by atoms with Crippen LogP contribution in [0.2, 0.25) is 0 Å². The number of carbonyl (C=O) groups excluding carboxylic acids is 3. The maximum atomic E-state index is 13.7. The summed E-state index contributed by atoms with van der Waals surface area (Å²) in [6.45, 7) is 10.1. The second-order valence-electron chi connectivity index (χ2n) is 12.6. The van der Waals surface area contributed by atoms with E-state index in [1.54, 1.807) is 11.3 Å². The third kappa shape index (κ3) is 9.22. The number of rotatable bonds is 13. The first-order valence-corrected chi connectivity index (χ1v) is 15.7. The van der Waals surface area contributed by atoms with E-state index in [0.717, 1.165) is 29.0 Å². The molecule has 10 nitrogen and oxygen atoms in total. The van der Waals surface area contributed by atoms with Gasteiger partial charge in [-0.25, -0.2) is 4.98 Å². The number of β-amino-alcohol motifs (C(OH)–C–C–N with tert-alkyl or cyclic N) is 1. The van der Waals surface area contributed by atoms with Gasteiger partial charge in [0.15, 0.2) is 0 Å². The van der Waals surface area contributed by atoms with Crippen LogP contribution in [0.3, 0.4) is 0 Å². The number of likely N-dealkylation sites (tertiary alicyclic amines) is 1. The molecule has 0 saturated carbocycles. The number of hydrogen-bond donors (Lipinski definition) is 4. The molecule has 3 amide bonds.